The number of aryl methyl sites for hydroxylation is 1. The molecule has 0 aliphatic heterocycles. The van der Waals surface area contributed by atoms with Crippen LogP contribution in [0.3, 0.4) is 0 Å². The first-order chi connectivity index (χ1) is 5.72. The van der Waals surface area contributed by atoms with Gasteiger partial charge in [0.05, 0.1) is 17.7 Å². The van der Waals surface area contributed by atoms with Crippen LogP contribution in [-0.2, 0) is 6.42 Å². The van der Waals surface area contributed by atoms with Gasteiger partial charge in [-0.05, 0) is 29.7 Å². The van der Waals surface area contributed by atoms with Crippen LogP contribution in [0.4, 0.5) is 0 Å². The van der Waals surface area contributed by atoms with Gasteiger partial charge in [-0.25, -0.2) is 0 Å². The number of benzene rings is 1. The molecule has 60 valence electrons. The molecule has 2 nitrogen and oxygen atoms in total. The number of rotatable bonds is 0. The molecule has 1 unspecified atom stereocenters. The molecule has 1 aromatic carbocycles. The Kier molecular flexibility index (Phi) is 1.42. The van der Waals surface area contributed by atoms with Gasteiger partial charge in [0, 0.05) is 6.42 Å². The van der Waals surface area contributed by atoms with Crippen molar-refractivity contribution in [2.24, 2.45) is 0 Å². The number of aliphatic hydroxyl groups is 1. The summed E-state index contributed by atoms with van der Waals surface area (Å²) >= 11 is 0. The maximum atomic E-state index is 9.34. The average Bonchev–Trinajstić information content (AvgIpc) is 2.06. The minimum atomic E-state index is -0.341. The first kappa shape index (κ1) is 7.33. The van der Waals surface area contributed by atoms with E-state index in [-0.39, 0.29) is 6.10 Å². The van der Waals surface area contributed by atoms with E-state index in [2.05, 4.69) is 6.07 Å². The number of hydrogen-bond donors (Lipinski definition) is 1. The molecule has 0 amide bonds. The third-order valence-electron chi connectivity index (χ3n) is 2.31. The zero-order valence-corrected chi connectivity index (χ0v) is 6.83. The highest BCUT2D eigenvalue weighted by Gasteiger charge is 2.26. The van der Waals surface area contributed by atoms with Crippen molar-refractivity contribution in [1.29, 1.82) is 5.26 Å². The summed E-state index contributed by atoms with van der Waals surface area (Å²) in [6.45, 7) is 1.94. The largest absolute Gasteiger partial charge is 0.388 e. The quantitative estimate of drug-likeness (QED) is 0.622. The second kappa shape index (κ2) is 2.33. The van der Waals surface area contributed by atoms with Gasteiger partial charge in [-0.3, -0.25) is 0 Å². The molecule has 0 bridgehead atoms. The Bertz CT molecular complexity index is 376. The van der Waals surface area contributed by atoms with E-state index in [1.54, 1.807) is 0 Å². The molecular formula is C10H9NO. The van der Waals surface area contributed by atoms with Crippen molar-refractivity contribution in [2.75, 3.05) is 0 Å². The fraction of sp³-hybridized carbons (Fsp3) is 0.300. The maximum absolute atomic E-state index is 9.34. The molecule has 1 aromatic rings. The Morgan fingerprint density at radius 2 is 2.33 bits per heavy atom. The molecule has 0 fully saturated rings. The highest BCUT2D eigenvalue weighted by Crippen LogP contribution is 2.35. The van der Waals surface area contributed by atoms with Gasteiger partial charge in [0.15, 0.2) is 0 Å². The summed E-state index contributed by atoms with van der Waals surface area (Å²) in [7, 11) is 0. The standard InChI is InChI=1S/C10H9NO/c1-6-2-7(5-11)8-4-10(12)9(8)3-6/h2-3,10,12H,4H2,1H3. The van der Waals surface area contributed by atoms with Crippen LogP contribution < -0.4 is 0 Å². The van der Waals surface area contributed by atoms with E-state index in [0.717, 1.165) is 22.3 Å². The van der Waals surface area contributed by atoms with E-state index < -0.39 is 0 Å². The molecule has 2 heteroatoms. The summed E-state index contributed by atoms with van der Waals surface area (Å²) < 4.78 is 0. The molecule has 12 heavy (non-hydrogen) atoms. The van der Waals surface area contributed by atoms with Gasteiger partial charge >= 0.3 is 0 Å². The smallest absolute Gasteiger partial charge is 0.0994 e. The molecule has 1 N–H and O–H groups in total. The Balaban J connectivity index is 2.62. The molecule has 0 aromatic heterocycles. The van der Waals surface area contributed by atoms with E-state index in [1.807, 2.05) is 19.1 Å². The lowest BCUT2D eigenvalue weighted by molar-refractivity contribution is 0.153. The second-order valence-electron chi connectivity index (χ2n) is 3.21. The minimum Gasteiger partial charge on any atom is -0.388 e. The van der Waals surface area contributed by atoms with Crippen LogP contribution in [0.2, 0.25) is 0 Å². The molecule has 0 radical (unpaired) electrons. The number of fused-ring (bicyclic) bond motifs is 1. The molecule has 1 atom stereocenters. The monoisotopic (exact) mass is 159 g/mol. The first-order valence-corrected chi connectivity index (χ1v) is 3.94. The normalized spacial score (nSPS) is 19.2. The second-order valence-corrected chi connectivity index (χ2v) is 3.21. The molecule has 2 rings (SSSR count). The van der Waals surface area contributed by atoms with E-state index >= 15 is 0 Å². The van der Waals surface area contributed by atoms with E-state index in [1.165, 1.54) is 0 Å². The molecule has 0 heterocycles. The van der Waals surface area contributed by atoms with Crippen molar-refractivity contribution in [2.45, 2.75) is 19.4 Å². The van der Waals surface area contributed by atoms with Gasteiger partial charge in [0.1, 0.15) is 0 Å². The van der Waals surface area contributed by atoms with Crippen molar-refractivity contribution in [3.63, 3.8) is 0 Å². The van der Waals surface area contributed by atoms with Gasteiger partial charge < -0.3 is 5.11 Å². The molecular weight excluding hydrogens is 150 g/mol. The third-order valence-corrected chi connectivity index (χ3v) is 2.31. The van der Waals surface area contributed by atoms with Crippen LogP contribution in [0.25, 0.3) is 0 Å². The van der Waals surface area contributed by atoms with Crippen LogP contribution in [0, 0.1) is 18.3 Å². The summed E-state index contributed by atoms with van der Waals surface area (Å²) in [6, 6.07) is 5.95. The number of hydrogen-bond acceptors (Lipinski definition) is 2. The van der Waals surface area contributed by atoms with E-state index in [9.17, 15) is 5.11 Å². The van der Waals surface area contributed by atoms with Gasteiger partial charge in [-0.15, -0.1) is 0 Å². The average molecular weight is 159 g/mol. The number of nitriles is 1. The van der Waals surface area contributed by atoms with E-state index in [0.29, 0.717) is 6.42 Å². The van der Waals surface area contributed by atoms with Gasteiger partial charge in [0.2, 0.25) is 0 Å². The molecule has 1 aliphatic carbocycles. The number of aliphatic hydroxyl groups excluding tert-OH is 1. The van der Waals surface area contributed by atoms with Crippen LogP contribution in [0.15, 0.2) is 12.1 Å². The zero-order chi connectivity index (χ0) is 8.72. The summed E-state index contributed by atoms with van der Waals surface area (Å²) in [5.41, 5.74) is 3.72. The van der Waals surface area contributed by atoms with Crippen molar-refractivity contribution >= 4 is 0 Å². The molecule has 1 aliphatic rings. The summed E-state index contributed by atoms with van der Waals surface area (Å²) in [6.07, 6.45) is 0.297. The zero-order valence-electron chi connectivity index (χ0n) is 6.83. The fourth-order valence-electron chi connectivity index (χ4n) is 1.64. The van der Waals surface area contributed by atoms with Crippen molar-refractivity contribution in [3.05, 3.63) is 34.4 Å². The van der Waals surface area contributed by atoms with Gasteiger partial charge in [-0.2, -0.15) is 5.26 Å². The van der Waals surface area contributed by atoms with Gasteiger partial charge in [-0.1, -0.05) is 6.07 Å². The van der Waals surface area contributed by atoms with Crippen LogP contribution in [0.1, 0.15) is 28.4 Å². The lowest BCUT2D eigenvalue weighted by Crippen LogP contribution is -2.18. The van der Waals surface area contributed by atoms with E-state index in [4.69, 9.17) is 5.26 Å². The van der Waals surface area contributed by atoms with Crippen LogP contribution >= 0.6 is 0 Å². The predicted molar refractivity (Wildman–Crippen MR) is 44.6 cm³/mol. The summed E-state index contributed by atoms with van der Waals surface area (Å²) in [4.78, 5) is 0. The lowest BCUT2D eigenvalue weighted by Gasteiger charge is -2.26. The molecule has 0 saturated heterocycles. The minimum absolute atomic E-state index is 0.341. The first-order valence-electron chi connectivity index (χ1n) is 3.94. The van der Waals surface area contributed by atoms with Gasteiger partial charge in [0.25, 0.3) is 0 Å². The van der Waals surface area contributed by atoms with Crippen LogP contribution in [0.5, 0.6) is 0 Å². The predicted octanol–water partition coefficient (Wildman–Crippen LogP) is 1.46. The Morgan fingerprint density at radius 3 is 2.92 bits per heavy atom. The summed E-state index contributed by atoms with van der Waals surface area (Å²) in [5, 5.41) is 18.1. The van der Waals surface area contributed by atoms with Crippen molar-refractivity contribution < 1.29 is 5.11 Å². The fourth-order valence-corrected chi connectivity index (χ4v) is 1.64. The molecule has 0 spiro atoms. The third kappa shape index (κ3) is 0.838. The van der Waals surface area contributed by atoms with Crippen LogP contribution in [-0.4, -0.2) is 5.11 Å². The van der Waals surface area contributed by atoms with Crippen molar-refractivity contribution in [3.8, 4) is 6.07 Å². The Labute approximate surface area is 71.1 Å². The Hall–Kier alpha value is -1.33. The highest BCUT2D eigenvalue weighted by atomic mass is 16.3. The lowest BCUT2D eigenvalue weighted by atomic mass is 9.81. The SMILES string of the molecule is Cc1cc(C#N)c2c(c1)C(O)C2. The molecule has 0 saturated carbocycles. The Morgan fingerprint density at radius 1 is 1.58 bits per heavy atom. The summed E-state index contributed by atoms with van der Waals surface area (Å²) in [5.74, 6) is 0. The van der Waals surface area contributed by atoms with Crippen molar-refractivity contribution in [1.82, 2.24) is 0 Å². The topological polar surface area (TPSA) is 44.0 Å². The number of nitrogens with zero attached hydrogens (tertiary/aromatic N) is 1. The highest BCUT2D eigenvalue weighted by molar-refractivity contribution is 5.51. The maximum Gasteiger partial charge on any atom is 0.0994 e.